The summed E-state index contributed by atoms with van der Waals surface area (Å²) in [5.41, 5.74) is -1.05. The smallest absolute Gasteiger partial charge is 0.334 e. The molecule has 1 aromatic carbocycles. The van der Waals surface area contributed by atoms with Gasteiger partial charge in [0.05, 0.1) is 14.2 Å². The third-order valence-electron chi connectivity index (χ3n) is 3.23. The lowest BCUT2D eigenvalue weighted by Crippen LogP contribution is -2.47. The average molecular weight is 267 g/mol. The third kappa shape index (κ3) is 2.47. The van der Waals surface area contributed by atoms with Crippen LogP contribution in [0.15, 0.2) is 18.2 Å². The Morgan fingerprint density at radius 1 is 1.32 bits per heavy atom. The molecular weight excluding hydrogens is 250 g/mol. The number of rotatable bonds is 6. The summed E-state index contributed by atoms with van der Waals surface area (Å²) in [5, 5.41) is 9.40. The van der Waals surface area contributed by atoms with Crippen molar-refractivity contribution in [2.45, 2.75) is 12.5 Å². The molecule has 1 rings (SSSR count). The van der Waals surface area contributed by atoms with Gasteiger partial charge < -0.3 is 19.5 Å². The normalized spacial score (nSPS) is 13.3. The third-order valence-corrected chi connectivity index (χ3v) is 3.23. The van der Waals surface area contributed by atoms with Gasteiger partial charge in [0, 0.05) is 7.05 Å². The van der Waals surface area contributed by atoms with Crippen molar-refractivity contribution in [2.24, 2.45) is 0 Å². The van der Waals surface area contributed by atoms with Crippen molar-refractivity contribution >= 4 is 12.4 Å². The molecule has 1 atom stereocenters. The average Bonchev–Trinajstić information content (AvgIpc) is 2.44. The van der Waals surface area contributed by atoms with Crippen LogP contribution in [0.1, 0.15) is 12.5 Å². The van der Waals surface area contributed by atoms with Crippen LogP contribution in [0.2, 0.25) is 0 Å². The number of carbonyl (C=O) groups is 2. The SMILES string of the molecule is COc1ccc(C(C)(C(=O)O)N(C)C=O)cc1OC. The fraction of sp³-hybridized carbons (Fsp3) is 0.385. The lowest BCUT2D eigenvalue weighted by molar-refractivity contribution is -0.153. The predicted molar refractivity (Wildman–Crippen MR) is 68.4 cm³/mol. The zero-order valence-corrected chi connectivity index (χ0v) is 11.3. The lowest BCUT2D eigenvalue weighted by atomic mass is 9.90. The second-order valence-corrected chi connectivity index (χ2v) is 4.16. The molecule has 1 unspecified atom stereocenters. The van der Waals surface area contributed by atoms with Crippen LogP contribution in [-0.2, 0) is 15.1 Å². The van der Waals surface area contributed by atoms with Gasteiger partial charge in [0.15, 0.2) is 17.0 Å². The van der Waals surface area contributed by atoms with Gasteiger partial charge in [-0.2, -0.15) is 0 Å². The molecule has 0 aromatic heterocycles. The van der Waals surface area contributed by atoms with Gasteiger partial charge in [-0.15, -0.1) is 0 Å². The molecule has 0 saturated heterocycles. The Kier molecular flexibility index (Phi) is 4.37. The van der Waals surface area contributed by atoms with Crippen LogP contribution in [0.25, 0.3) is 0 Å². The Labute approximate surface area is 111 Å². The van der Waals surface area contributed by atoms with Crippen molar-refractivity contribution in [1.82, 2.24) is 4.90 Å². The quantitative estimate of drug-likeness (QED) is 0.781. The Bertz CT molecular complexity index is 488. The van der Waals surface area contributed by atoms with Crippen molar-refractivity contribution in [1.29, 1.82) is 0 Å². The molecular formula is C13H17NO5. The Balaban J connectivity index is 3.40. The molecule has 1 N–H and O–H groups in total. The van der Waals surface area contributed by atoms with Crippen LogP contribution in [0.4, 0.5) is 0 Å². The minimum atomic E-state index is -1.47. The number of hydrogen-bond acceptors (Lipinski definition) is 4. The first-order chi connectivity index (χ1) is 8.91. The Hall–Kier alpha value is -2.24. The van der Waals surface area contributed by atoms with Crippen LogP contribution in [-0.4, -0.2) is 43.7 Å². The standard InChI is InChI=1S/C13H17NO5/c1-13(12(16)17,14(2)8-15)9-5-6-10(18-3)11(7-9)19-4/h5-8H,1-4H3,(H,16,17). The molecule has 6 heteroatoms. The van der Waals surface area contributed by atoms with Crippen LogP contribution < -0.4 is 9.47 Å². The van der Waals surface area contributed by atoms with Gasteiger partial charge in [-0.05, 0) is 24.6 Å². The number of carbonyl (C=O) groups excluding carboxylic acids is 1. The number of hydrogen-bond donors (Lipinski definition) is 1. The van der Waals surface area contributed by atoms with Crippen LogP contribution in [0.3, 0.4) is 0 Å². The molecule has 0 radical (unpaired) electrons. The van der Waals surface area contributed by atoms with Gasteiger partial charge >= 0.3 is 5.97 Å². The molecule has 1 amide bonds. The first-order valence-electron chi connectivity index (χ1n) is 5.56. The number of carboxylic acid groups (broad SMARTS) is 1. The van der Waals surface area contributed by atoms with Crippen molar-refractivity contribution in [2.75, 3.05) is 21.3 Å². The molecule has 1 aromatic rings. The largest absolute Gasteiger partial charge is 0.493 e. The lowest BCUT2D eigenvalue weighted by Gasteiger charge is -2.32. The van der Waals surface area contributed by atoms with E-state index in [4.69, 9.17) is 9.47 Å². The van der Waals surface area contributed by atoms with Crippen LogP contribution in [0.5, 0.6) is 11.5 Å². The summed E-state index contributed by atoms with van der Waals surface area (Å²) in [5.74, 6) is -0.228. The molecule has 0 aliphatic carbocycles. The summed E-state index contributed by atoms with van der Waals surface area (Å²) >= 11 is 0. The topological polar surface area (TPSA) is 76.1 Å². The molecule has 0 bridgehead atoms. The van der Waals surface area contributed by atoms with E-state index in [1.165, 1.54) is 28.2 Å². The summed E-state index contributed by atoms with van der Waals surface area (Å²) in [6.07, 6.45) is 0.477. The van der Waals surface area contributed by atoms with Gasteiger partial charge in [0.2, 0.25) is 6.41 Å². The number of nitrogens with zero attached hydrogens (tertiary/aromatic N) is 1. The zero-order chi connectivity index (χ0) is 14.6. The van der Waals surface area contributed by atoms with E-state index < -0.39 is 11.5 Å². The van der Waals surface area contributed by atoms with Gasteiger partial charge in [0.25, 0.3) is 0 Å². The van der Waals surface area contributed by atoms with E-state index in [0.29, 0.717) is 23.5 Å². The maximum atomic E-state index is 11.5. The predicted octanol–water partition coefficient (Wildman–Crippen LogP) is 1.09. The maximum absolute atomic E-state index is 11.5. The molecule has 0 fully saturated rings. The van der Waals surface area contributed by atoms with Crippen molar-refractivity contribution in [3.05, 3.63) is 23.8 Å². The monoisotopic (exact) mass is 267 g/mol. The van der Waals surface area contributed by atoms with Gasteiger partial charge in [0.1, 0.15) is 0 Å². The zero-order valence-electron chi connectivity index (χ0n) is 11.3. The first-order valence-corrected chi connectivity index (χ1v) is 5.56. The highest BCUT2D eigenvalue weighted by Gasteiger charge is 2.39. The van der Waals surface area contributed by atoms with E-state index in [2.05, 4.69) is 0 Å². The molecule has 0 aliphatic rings. The molecule has 0 heterocycles. The van der Waals surface area contributed by atoms with Crippen molar-refractivity contribution in [3.8, 4) is 11.5 Å². The van der Waals surface area contributed by atoms with Gasteiger partial charge in [-0.3, -0.25) is 4.79 Å². The van der Waals surface area contributed by atoms with Gasteiger partial charge in [-0.25, -0.2) is 4.79 Å². The molecule has 0 aliphatic heterocycles. The number of aliphatic carboxylic acids is 1. The van der Waals surface area contributed by atoms with Crippen molar-refractivity contribution in [3.63, 3.8) is 0 Å². The summed E-state index contributed by atoms with van der Waals surface area (Å²) in [6.45, 7) is 1.45. The summed E-state index contributed by atoms with van der Waals surface area (Å²) < 4.78 is 10.2. The highest BCUT2D eigenvalue weighted by Crippen LogP contribution is 2.34. The summed E-state index contributed by atoms with van der Waals surface area (Å²) in [7, 11) is 4.37. The molecule has 0 saturated carbocycles. The molecule has 19 heavy (non-hydrogen) atoms. The number of benzene rings is 1. The highest BCUT2D eigenvalue weighted by atomic mass is 16.5. The van der Waals surface area contributed by atoms with E-state index in [0.717, 1.165) is 4.90 Å². The fourth-order valence-corrected chi connectivity index (χ4v) is 1.72. The molecule has 0 spiro atoms. The summed E-state index contributed by atoms with van der Waals surface area (Å²) in [6, 6.07) is 4.75. The number of carboxylic acids is 1. The number of likely N-dealkylation sites (N-methyl/N-ethyl adjacent to an activating group) is 1. The number of amides is 1. The first kappa shape index (κ1) is 14.8. The number of ether oxygens (including phenoxy) is 2. The van der Waals surface area contributed by atoms with E-state index in [1.807, 2.05) is 0 Å². The van der Waals surface area contributed by atoms with Gasteiger partial charge in [-0.1, -0.05) is 6.07 Å². The van der Waals surface area contributed by atoms with E-state index >= 15 is 0 Å². The Morgan fingerprint density at radius 2 is 1.89 bits per heavy atom. The Morgan fingerprint density at radius 3 is 2.32 bits per heavy atom. The number of methoxy groups -OCH3 is 2. The minimum Gasteiger partial charge on any atom is -0.493 e. The highest BCUT2D eigenvalue weighted by molar-refractivity contribution is 5.83. The van der Waals surface area contributed by atoms with Crippen molar-refractivity contribution < 1.29 is 24.2 Å². The second kappa shape index (κ2) is 5.60. The molecule has 104 valence electrons. The second-order valence-electron chi connectivity index (χ2n) is 4.16. The van der Waals surface area contributed by atoms with Crippen LogP contribution >= 0.6 is 0 Å². The fourth-order valence-electron chi connectivity index (χ4n) is 1.72. The summed E-state index contributed by atoms with van der Waals surface area (Å²) in [4.78, 5) is 23.5. The molecule has 6 nitrogen and oxygen atoms in total. The maximum Gasteiger partial charge on any atom is 0.334 e. The van der Waals surface area contributed by atoms with E-state index in [-0.39, 0.29) is 0 Å². The van der Waals surface area contributed by atoms with Crippen LogP contribution in [0, 0.1) is 0 Å². The van der Waals surface area contributed by atoms with E-state index in [9.17, 15) is 14.7 Å². The van der Waals surface area contributed by atoms with E-state index in [1.54, 1.807) is 18.2 Å². The minimum absolute atomic E-state index is 0.409.